The third-order valence-corrected chi connectivity index (χ3v) is 5.85. The van der Waals surface area contributed by atoms with Crippen molar-refractivity contribution < 1.29 is 4.74 Å². The lowest BCUT2D eigenvalue weighted by Gasteiger charge is -2.24. The fourth-order valence-electron chi connectivity index (χ4n) is 3.89. The van der Waals surface area contributed by atoms with Crippen LogP contribution in [0.3, 0.4) is 0 Å². The summed E-state index contributed by atoms with van der Waals surface area (Å²) >= 11 is 0. The maximum Gasteiger partial charge on any atom is 0.191 e. The normalized spacial score (nSPS) is 16.8. The van der Waals surface area contributed by atoms with Crippen LogP contribution in [0.1, 0.15) is 37.0 Å². The van der Waals surface area contributed by atoms with Crippen LogP contribution in [0.5, 0.6) is 5.75 Å². The molecule has 31 heavy (non-hydrogen) atoms. The highest BCUT2D eigenvalue weighted by atomic mass is 127. The van der Waals surface area contributed by atoms with Gasteiger partial charge in [0.2, 0.25) is 0 Å². The van der Waals surface area contributed by atoms with Crippen molar-refractivity contribution in [2.75, 3.05) is 33.3 Å². The molecule has 0 radical (unpaired) electrons. The Morgan fingerprint density at radius 1 is 1.26 bits per heavy atom. The first-order valence-corrected chi connectivity index (χ1v) is 10.8. The number of methoxy groups -OCH3 is 1. The molecular weight excluding hydrogens is 505 g/mol. The molecule has 1 saturated heterocycles. The van der Waals surface area contributed by atoms with E-state index in [-0.39, 0.29) is 24.0 Å². The molecule has 0 amide bonds. The van der Waals surface area contributed by atoms with E-state index >= 15 is 0 Å². The number of halogens is 1. The first kappa shape index (κ1) is 25.4. The lowest BCUT2D eigenvalue weighted by molar-refractivity contribution is 0.267. The van der Waals surface area contributed by atoms with Crippen molar-refractivity contribution in [3.8, 4) is 5.75 Å². The van der Waals surface area contributed by atoms with Gasteiger partial charge >= 0.3 is 0 Å². The van der Waals surface area contributed by atoms with Gasteiger partial charge in [0.05, 0.1) is 7.11 Å². The van der Waals surface area contributed by atoms with Gasteiger partial charge in [0, 0.05) is 26.2 Å². The minimum absolute atomic E-state index is 0. The number of guanidine groups is 1. The molecule has 1 unspecified atom stereocenters. The van der Waals surface area contributed by atoms with E-state index < -0.39 is 0 Å². The fraction of sp³-hybridized carbons (Fsp3) is 0.591. The molecule has 2 aromatic rings. The lowest BCUT2D eigenvalue weighted by Crippen LogP contribution is -2.45. The van der Waals surface area contributed by atoms with Crippen molar-refractivity contribution in [3.63, 3.8) is 0 Å². The predicted molar refractivity (Wildman–Crippen MR) is 135 cm³/mol. The van der Waals surface area contributed by atoms with Gasteiger partial charge in [-0.2, -0.15) is 0 Å². The molecule has 0 saturated carbocycles. The Kier molecular flexibility index (Phi) is 10.5. The van der Waals surface area contributed by atoms with Crippen LogP contribution in [0.4, 0.5) is 0 Å². The largest absolute Gasteiger partial charge is 0.496 e. The molecule has 8 nitrogen and oxygen atoms in total. The molecule has 3 rings (SSSR count). The Morgan fingerprint density at radius 3 is 2.77 bits per heavy atom. The molecule has 1 fully saturated rings. The zero-order chi connectivity index (χ0) is 21.3. The number of para-hydroxylation sites is 1. The molecule has 172 valence electrons. The van der Waals surface area contributed by atoms with Crippen LogP contribution >= 0.6 is 24.0 Å². The van der Waals surface area contributed by atoms with Crippen LogP contribution in [0.2, 0.25) is 0 Å². The van der Waals surface area contributed by atoms with Crippen molar-refractivity contribution in [2.45, 2.75) is 45.7 Å². The van der Waals surface area contributed by atoms with E-state index in [4.69, 9.17) is 9.73 Å². The number of likely N-dealkylation sites (tertiary alicyclic amines) is 1. The number of benzene rings is 1. The van der Waals surface area contributed by atoms with E-state index in [1.54, 1.807) is 7.11 Å². The standard InChI is InChI=1S/C22H35N7O.HI/c1-5-29-14-8-10-19(29)15-24-22(25-16-21-27-26-17(2)28(21)3)23-13-12-18-9-6-7-11-20(18)30-4;/h6-7,9,11,19H,5,8,10,12-16H2,1-4H3,(H2,23,24,25);1H. The molecule has 0 bridgehead atoms. The van der Waals surface area contributed by atoms with Crippen molar-refractivity contribution in [2.24, 2.45) is 12.0 Å². The van der Waals surface area contributed by atoms with E-state index in [9.17, 15) is 0 Å². The van der Waals surface area contributed by atoms with E-state index in [2.05, 4.69) is 38.7 Å². The highest BCUT2D eigenvalue weighted by Crippen LogP contribution is 2.17. The zero-order valence-electron chi connectivity index (χ0n) is 19.1. The van der Waals surface area contributed by atoms with Gasteiger partial charge in [-0.25, -0.2) is 4.99 Å². The number of nitrogens with one attached hydrogen (secondary N) is 2. The van der Waals surface area contributed by atoms with E-state index in [0.29, 0.717) is 12.6 Å². The highest BCUT2D eigenvalue weighted by molar-refractivity contribution is 14.0. The number of aliphatic imine (C=N–C) groups is 1. The number of hydrogen-bond acceptors (Lipinski definition) is 5. The van der Waals surface area contributed by atoms with Crippen LogP contribution in [0, 0.1) is 6.92 Å². The smallest absolute Gasteiger partial charge is 0.191 e. The van der Waals surface area contributed by atoms with E-state index in [1.165, 1.54) is 24.9 Å². The Hall–Kier alpha value is -1.88. The predicted octanol–water partition coefficient (Wildman–Crippen LogP) is 2.51. The minimum Gasteiger partial charge on any atom is -0.496 e. The maximum absolute atomic E-state index is 5.47. The summed E-state index contributed by atoms with van der Waals surface area (Å²) in [5.74, 6) is 3.48. The Morgan fingerprint density at radius 2 is 2.06 bits per heavy atom. The molecular formula is C22H36IN7O. The summed E-state index contributed by atoms with van der Waals surface area (Å²) in [6, 6.07) is 8.70. The number of likely N-dealkylation sites (N-methyl/N-ethyl adjacent to an activating group) is 1. The van der Waals surface area contributed by atoms with Gasteiger partial charge in [0.15, 0.2) is 11.8 Å². The molecule has 9 heteroatoms. The third-order valence-electron chi connectivity index (χ3n) is 5.85. The van der Waals surface area contributed by atoms with E-state index in [1.807, 2.05) is 36.7 Å². The molecule has 2 N–H and O–H groups in total. The summed E-state index contributed by atoms with van der Waals surface area (Å²) in [7, 11) is 3.69. The number of aromatic nitrogens is 3. The quantitative estimate of drug-likeness (QED) is 0.289. The third kappa shape index (κ3) is 7.06. The number of hydrogen-bond donors (Lipinski definition) is 2. The van der Waals surface area contributed by atoms with Crippen molar-refractivity contribution >= 4 is 29.9 Å². The second-order valence-corrected chi connectivity index (χ2v) is 7.68. The zero-order valence-corrected chi connectivity index (χ0v) is 21.4. The van der Waals surface area contributed by atoms with Crippen molar-refractivity contribution in [1.82, 2.24) is 30.3 Å². The summed E-state index contributed by atoms with van der Waals surface area (Å²) in [5, 5.41) is 15.4. The van der Waals surface area contributed by atoms with Crippen LogP contribution in [0.15, 0.2) is 29.3 Å². The average Bonchev–Trinajstić information content (AvgIpc) is 3.36. The molecule has 0 spiro atoms. The molecule has 0 aliphatic carbocycles. The van der Waals surface area contributed by atoms with Gasteiger partial charge in [-0.05, 0) is 50.9 Å². The summed E-state index contributed by atoms with van der Waals surface area (Å²) in [6.45, 7) is 8.62. The van der Waals surface area contributed by atoms with Gasteiger partial charge in [-0.15, -0.1) is 34.2 Å². The fourth-order valence-corrected chi connectivity index (χ4v) is 3.89. The molecule has 1 aliphatic rings. The molecule has 1 aromatic heterocycles. The van der Waals surface area contributed by atoms with Crippen molar-refractivity contribution in [3.05, 3.63) is 41.5 Å². The summed E-state index contributed by atoms with van der Waals surface area (Å²) in [5.41, 5.74) is 1.18. The molecule has 1 aliphatic heterocycles. The van der Waals surface area contributed by atoms with Crippen LogP contribution in [-0.4, -0.2) is 65.0 Å². The molecule has 2 heterocycles. The highest BCUT2D eigenvalue weighted by Gasteiger charge is 2.22. The second kappa shape index (κ2) is 12.8. The first-order chi connectivity index (χ1) is 14.6. The maximum atomic E-state index is 5.47. The van der Waals surface area contributed by atoms with Crippen LogP contribution in [0.25, 0.3) is 0 Å². The number of nitrogens with zero attached hydrogens (tertiary/aromatic N) is 5. The Labute approximate surface area is 202 Å². The number of aryl methyl sites for hydroxylation is 1. The van der Waals surface area contributed by atoms with Crippen molar-refractivity contribution in [1.29, 1.82) is 0 Å². The molecule has 1 atom stereocenters. The average molecular weight is 541 g/mol. The summed E-state index contributed by atoms with van der Waals surface area (Å²) in [4.78, 5) is 7.31. The van der Waals surface area contributed by atoms with Crippen LogP contribution < -0.4 is 15.4 Å². The molecule has 1 aromatic carbocycles. The Bertz CT molecular complexity index is 839. The second-order valence-electron chi connectivity index (χ2n) is 7.68. The first-order valence-electron chi connectivity index (χ1n) is 10.8. The SMILES string of the molecule is CCN1CCCC1CNC(=NCc1nnc(C)n1C)NCCc1ccccc1OC.I. The van der Waals surface area contributed by atoms with Gasteiger partial charge in [-0.3, -0.25) is 4.90 Å². The van der Waals surface area contributed by atoms with Crippen LogP contribution in [-0.2, 0) is 20.0 Å². The lowest BCUT2D eigenvalue weighted by atomic mass is 10.1. The van der Waals surface area contributed by atoms with Gasteiger partial charge in [0.1, 0.15) is 18.1 Å². The van der Waals surface area contributed by atoms with Gasteiger partial charge in [0.25, 0.3) is 0 Å². The summed E-state index contributed by atoms with van der Waals surface area (Å²) in [6.07, 6.45) is 3.36. The van der Waals surface area contributed by atoms with Gasteiger partial charge in [-0.1, -0.05) is 25.1 Å². The number of rotatable bonds is 9. The minimum atomic E-state index is 0. The van der Waals surface area contributed by atoms with Gasteiger partial charge < -0.3 is 19.9 Å². The topological polar surface area (TPSA) is 79.6 Å². The number of ether oxygens (including phenoxy) is 1. The Balaban J connectivity index is 0.00000341. The summed E-state index contributed by atoms with van der Waals surface area (Å²) < 4.78 is 7.44. The van der Waals surface area contributed by atoms with E-state index in [0.717, 1.165) is 49.4 Å². The monoisotopic (exact) mass is 541 g/mol.